The topological polar surface area (TPSA) is 57.7 Å². The lowest BCUT2D eigenvalue weighted by Gasteiger charge is -2.23. The van der Waals surface area contributed by atoms with Crippen LogP contribution in [0.1, 0.15) is 11.1 Å². The molecule has 0 N–H and O–H groups in total. The Hall–Kier alpha value is -2.55. The third kappa shape index (κ3) is 3.13. The summed E-state index contributed by atoms with van der Waals surface area (Å²) in [6.45, 7) is 1.88. The molecule has 4 rings (SSSR count). The van der Waals surface area contributed by atoms with E-state index in [1.807, 2.05) is 6.92 Å². The Labute approximate surface area is 160 Å². The maximum Gasteiger partial charge on any atom is 0.416 e. The minimum atomic E-state index is -4.56. The molecule has 2 amide bonds. The van der Waals surface area contributed by atoms with Crippen LogP contribution in [0.2, 0.25) is 0 Å². The third-order valence-corrected chi connectivity index (χ3v) is 6.83. The molecule has 2 atom stereocenters. The van der Waals surface area contributed by atoms with Crippen molar-refractivity contribution in [1.29, 1.82) is 0 Å². The van der Waals surface area contributed by atoms with E-state index >= 15 is 0 Å². The summed E-state index contributed by atoms with van der Waals surface area (Å²) in [5.74, 6) is -0.491. The highest BCUT2D eigenvalue weighted by Crippen LogP contribution is 2.39. The van der Waals surface area contributed by atoms with E-state index in [0.717, 1.165) is 17.7 Å². The SMILES string of the molecule is Cc1ccc(N2C(=O)N(c3cccc(C(F)(F)F)c3)[C@@H]3CS(=O)(=O)C[C@@H]32)cc1. The fraction of sp³-hybridized carbons (Fsp3) is 0.316. The van der Waals surface area contributed by atoms with Crippen LogP contribution in [0.3, 0.4) is 0 Å². The highest BCUT2D eigenvalue weighted by molar-refractivity contribution is 7.91. The van der Waals surface area contributed by atoms with Gasteiger partial charge in [-0.15, -0.1) is 0 Å². The molecule has 2 aromatic rings. The number of sulfone groups is 1. The number of rotatable bonds is 2. The third-order valence-electron chi connectivity index (χ3n) is 5.13. The van der Waals surface area contributed by atoms with Crippen molar-refractivity contribution in [1.82, 2.24) is 0 Å². The first-order valence-electron chi connectivity index (χ1n) is 8.64. The van der Waals surface area contributed by atoms with Crippen molar-refractivity contribution in [2.75, 3.05) is 21.3 Å². The Morgan fingerprint density at radius 1 is 0.929 bits per heavy atom. The molecule has 2 aromatic carbocycles. The van der Waals surface area contributed by atoms with Gasteiger partial charge in [-0.25, -0.2) is 13.2 Å². The molecule has 0 radical (unpaired) electrons. The smallest absolute Gasteiger partial charge is 0.288 e. The molecule has 2 aliphatic heterocycles. The van der Waals surface area contributed by atoms with E-state index in [2.05, 4.69) is 0 Å². The van der Waals surface area contributed by atoms with Crippen LogP contribution in [0.25, 0.3) is 0 Å². The van der Waals surface area contributed by atoms with Crippen molar-refractivity contribution in [2.24, 2.45) is 0 Å². The van der Waals surface area contributed by atoms with Gasteiger partial charge in [-0.3, -0.25) is 9.80 Å². The van der Waals surface area contributed by atoms with E-state index in [0.29, 0.717) is 5.69 Å². The van der Waals surface area contributed by atoms with E-state index in [1.165, 1.54) is 21.9 Å². The number of carbonyl (C=O) groups excluding carboxylic acids is 1. The van der Waals surface area contributed by atoms with Gasteiger partial charge in [0.15, 0.2) is 9.84 Å². The van der Waals surface area contributed by atoms with Gasteiger partial charge < -0.3 is 0 Å². The highest BCUT2D eigenvalue weighted by Gasteiger charge is 2.54. The normalized spacial score (nSPS) is 23.9. The van der Waals surface area contributed by atoms with E-state index in [9.17, 15) is 26.4 Å². The molecule has 2 heterocycles. The summed E-state index contributed by atoms with van der Waals surface area (Å²) in [6.07, 6.45) is -4.56. The number of alkyl halides is 3. The van der Waals surface area contributed by atoms with Crippen molar-refractivity contribution >= 4 is 27.2 Å². The van der Waals surface area contributed by atoms with Crippen LogP contribution in [0.5, 0.6) is 0 Å². The molecule has 0 saturated carbocycles. The van der Waals surface area contributed by atoms with Crippen LogP contribution in [-0.4, -0.2) is 38.0 Å². The molecule has 28 heavy (non-hydrogen) atoms. The van der Waals surface area contributed by atoms with Gasteiger partial charge in [-0.2, -0.15) is 13.2 Å². The van der Waals surface area contributed by atoms with Crippen LogP contribution in [0, 0.1) is 6.92 Å². The Morgan fingerprint density at radius 2 is 1.50 bits per heavy atom. The average Bonchev–Trinajstić information content (AvgIpc) is 3.04. The second-order valence-corrected chi connectivity index (χ2v) is 9.27. The predicted molar refractivity (Wildman–Crippen MR) is 99.2 cm³/mol. The van der Waals surface area contributed by atoms with Crippen molar-refractivity contribution in [3.05, 3.63) is 59.7 Å². The number of hydrogen-bond donors (Lipinski definition) is 0. The summed E-state index contributed by atoms with van der Waals surface area (Å²) in [5.41, 5.74) is 0.656. The van der Waals surface area contributed by atoms with Gasteiger partial charge in [0, 0.05) is 11.4 Å². The van der Waals surface area contributed by atoms with E-state index in [-0.39, 0.29) is 17.2 Å². The summed E-state index contributed by atoms with van der Waals surface area (Å²) < 4.78 is 63.8. The highest BCUT2D eigenvalue weighted by atomic mass is 32.2. The summed E-state index contributed by atoms with van der Waals surface area (Å²) in [4.78, 5) is 15.7. The van der Waals surface area contributed by atoms with Crippen molar-refractivity contribution in [2.45, 2.75) is 25.2 Å². The number of benzene rings is 2. The zero-order valence-electron chi connectivity index (χ0n) is 14.8. The van der Waals surface area contributed by atoms with Crippen LogP contribution in [-0.2, 0) is 16.0 Å². The standard InChI is InChI=1S/C19H17F3N2O3S/c1-12-5-7-14(8-6-12)23-16-10-28(26,27)11-17(16)24(18(23)25)15-4-2-3-13(9-15)19(20,21)22/h2-9,16-17H,10-11H2,1H3/t16-,17+/m0/s1. The van der Waals surface area contributed by atoms with Crippen molar-refractivity contribution in [3.8, 4) is 0 Å². The van der Waals surface area contributed by atoms with E-state index in [4.69, 9.17) is 0 Å². The fourth-order valence-electron chi connectivity index (χ4n) is 3.84. The Balaban J connectivity index is 1.80. The van der Waals surface area contributed by atoms with Crippen LogP contribution < -0.4 is 9.80 Å². The van der Waals surface area contributed by atoms with Gasteiger partial charge in [-0.1, -0.05) is 23.8 Å². The van der Waals surface area contributed by atoms with Gasteiger partial charge >= 0.3 is 12.2 Å². The van der Waals surface area contributed by atoms with Crippen LogP contribution >= 0.6 is 0 Å². The summed E-state index contributed by atoms with van der Waals surface area (Å²) >= 11 is 0. The van der Waals surface area contributed by atoms with Crippen molar-refractivity contribution < 1.29 is 26.4 Å². The first kappa shape index (κ1) is 18.8. The number of amides is 2. The lowest BCUT2D eigenvalue weighted by atomic mass is 10.1. The molecule has 0 bridgehead atoms. The molecule has 0 spiro atoms. The van der Waals surface area contributed by atoms with Gasteiger partial charge in [0.1, 0.15) is 0 Å². The molecule has 0 unspecified atom stereocenters. The first-order valence-corrected chi connectivity index (χ1v) is 10.5. The maximum absolute atomic E-state index is 13.2. The summed E-state index contributed by atoms with van der Waals surface area (Å²) in [5, 5.41) is 0. The second kappa shape index (κ2) is 6.23. The number of halogens is 3. The van der Waals surface area contributed by atoms with E-state index in [1.54, 1.807) is 24.3 Å². The monoisotopic (exact) mass is 410 g/mol. The minimum absolute atomic E-state index is 0.0431. The second-order valence-electron chi connectivity index (χ2n) is 7.12. The molecule has 2 fully saturated rings. The molecule has 5 nitrogen and oxygen atoms in total. The van der Waals surface area contributed by atoms with Crippen LogP contribution in [0.4, 0.5) is 29.3 Å². The number of carbonyl (C=O) groups is 1. The number of hydrogen-bond acceptors (Lipinski definition) is 3. The molecular weight excluding hydrogens is 393 g/mol. The minimum Gasteiger partial charge on any atom is -0.288 e. The summed E-state index contributed by atoms with van der Waals surface area (Å²) in [6, 6.07) is 9.55. The largest absolute Gasteiger partial charge is 0.416 e. The van der Waals surface area contributed by atoms with Gasteiger partial charge in [0.25, 0.3) is 0 Å². The molecule has 2 saturated heterocycles. The van der Waals surface area contributed by atoms with Gasteiger partial charge in [0.05, 0.1) is 29.2 Å². The average molecular weight is 410 g/mol. The van der Waals surface area contributed by atoms with Crippen molar-refractivity contribution in [3.63, 3.8) is 0 Å². The number of anilines is 2. The number of urea groups is 1. The first-order chi connectivity index (χ1) is 13.1. The van der Waals surface area contributed by atoms with Crippen LogP contribution in [0.15, 0.2) is 48.5 Å². The summed E-state index contributed by atoms with van der Waals surface area (Å²) in [7, 11) is -3.42. The lowest BCUT2D eigenvalue weighted by molar-refractivity contribution is -0.137. The molecule has 2 aliphatic rings. The lowest BCUT2D eigenvalue weighted by Crippen LogP contribution is -2.38. The molecule has 9 heteroatoms. The number of aryl methyl sites for hydroxylation is 1. The van der Waals surface area contributed by atoms with Gasteiger partial charge in [0.2, 0.25) is 0 Å². The molecule has 0 aromatic heterocycles. The zero-order chi connectivity index (χ0) is 20.3. The zero-order valence-corrected chi connectivity index (χ0v) is 15.7. The quantitative estimate of drug-likeness (QED) is 0.711. The van der Waals surface area contributed by atoms with E-state index < -0.39 is 39.7 Å². The number of fused-ring (bicyclic) bond motifs is 1. The maximum atomic E-state index is 13.2. The molecule has 148 valence electrons. The number of nitrogens with zero attached hydrogens (tertiary/aromatic N) is 2. The Kier molecular flexibility index (Phi) is 4.18. The fourth-order valence-corrected chi connectivity index (χ4v) is 5.76. The van der Waals surface area contributed by atoms with Gasteiger partial charge in [-0.05, 0) is 37.3 Å². The molecular formula is C19H17F3N2O3S. The molecule has 0 aliphatic carbocycles. The Bertz CT molecular complexity index is 1040. The predicted octanol–water partition coefficient (Wildman–Crippen LogP) is 3.63. The Morgan fingerprint density at radius 3 is 2.07 bits per heavy atom.